The largest absolute Gasteiger partial charge is 0.396 e. The molecule has 2 nitrogen and oxygen atoms in total. The van der Waals surface area contributed by atoms with Crippen LogP contribution in [0.3, 0.4) is 0 Å². The van der Waals surface area contributed by atoms with Crippen LogP contribution in [0.4, 0.5) is 0 Å². The van der Waals surface area contributed by atoms with E-state index in [4.69, 9.17) is 10.8 Å². The van der Waals surface area contributed by atoms with Gasteiger partial charge in [0.15, 0.2) is 0 Å². The minimum atomic E-state index is 0.0428. The molecular formula is C10H14BrNOS. The molecule has 0 saturated carbocycles. The summed E-state index contributed by atoms with van der Waals surface area (Å²) in [5.74, 6) is 0.726. The predicted octanol–water partition coefficient (Wildman–Crippen LogP) is 2.55. The highest BCUT2D eigenvalue weighted by molar-refractivity contribution is 9.10. The van der Waals surface area contributed by atoms with Crippen LogP contribution >= 0.6 is 27.7 Å². The summed E-state index contributed by atoms with van der Waals surface area (Å²) < 4.78 is 1.04. The number of aliphatic hydroxyl groups is 1. The molecule has 0 amide bonds. The first kappa shape index (κ1) is 12.0. The molecule has 0 radical (unpaired) electrons. The molecule has 1 rings (SSSR count). The van der Waals surface area contributed by atoms with E-state index in [9.17, 15) is 0 Å². The molecule has 0 aliphatic heterocycles. The Morgan fingerprint density at radius 3 is 2.79 bits per heavy atom. The average Bonchev–Trinajstić information content (AvgIpc) is 2.14. The van der Waals surface area contributed by atoms with E-state index < -0.39 is 0 Å². The SMILES string of the molecule is C[C@H](N)c1ccc(SCCO)cc1Br. The van der Waals surface area contributed by atoms with Crippen molar-refractivity contribution in [3.63, 3.8) is 0 Å². The van der Waals surface area contributed by atoms with Gasteiger partial charge in [0, 0.05) is 21.2 Å². The average molecular weight is 276 g/mol. The Morgan fingerprint density at radius 1 is 1.57 bits per heavy atom. The van der Waals surface area contributed by atoms with Crippen LogP contribution in [0.15, 0.2) is 27.6 Å². The summed E-state index contributed by atoms with van der Waals surface area (Å²) in [6.07, 6.45) is 0. The highest BCUT2D eigenvalue weighted by atomic mass is 79.9. The fourth-order valence-corrected chi connectivity index (χ4v) is 2.71. The molecule has 0 aliphatic carbocycles. The maximum atomic E-state index is 8.69. The summed E-state index contributed by atoms with van der Waals surface area (Å²) in [4.78, 5) is 1.15. The Kier molecular flexibility index (Phi) is 4.95. The topological polar surface area (TPSA) is 46.2 Å². The van der Waals surface area contributed by atoms with Gasteiger partial charge >= 0.3 is 0 Å². The number of thioether (sulfide) groups is 1. The van der Waals surface area contributed by atoms with Gasteiger partial charge in [-0.25, -0.2) is 0 Å². The van der Waals surface area contributed by atoms with Gasteiger partial charge in [-0.1, -0.05) is 22.0 Å². The van der Waals surface area contributed by atoms with E-state index in [1.165, 1.54) is 0 Å². The van der Waals surface area contributed by atoms with E-state index >= 15 is 0 Å². The standard InChI is InChI=1S/C10H14BrNOS/c1-7(12)9-3-2-8(6-10(9)11)14-5-4-13/h2-3,6-7,13H,4-5,12H2,1H3/t7-/m0/s1. The maximum Gasteiger partial charge on any atom is 0.0525 e. The molecule has 3 N–H and O–H groups in total. The number of hydrogen-bond donors (Lipinski definition) is 2. The molecule has 0 aromatic heterocycles. The van der Waals surface area contributed by atoms with Crippen molar-refractivity contribution in [1.29, 1.82) is 0 Å². The molecule has 4 heteroatoms. The number of benzene rings is 1. The van der Waals surface area contributed by atoms with Crippen molar-refractivity contribution in [3.8, 4) is 0 Å². The third-order valence-electron chi connectivity index (χ3n) is 1.82. The molecule has 0 unspecified atom stereocenters. The van der Waals surface area contributed by atoms with Gasteiger partial charge in [-0.15, -0.1) is 11.8 Å². The molecule has 0 fully saturated rings. The van der Waals surface area contributed by atoms with Crippen LogP contribution in [0.2, 0.25) is 0 Å². The van der Waals surface area contributed by atoms with Gasteiger partial charge in [-0.2, -0.15) is 0 Å². The first-order valence-corrected chi connectivity index (χ1v) is 6.21. The minimum Gasteiger partial charge on any atom is -0.396 e. The summed E-state index contributed by atoms with van der Waals surface area (Å²) in [6.45, 7) is 2.16. The van der Waals surface area contributed by atoms with Crippen LogP contribution in [-0.4, -0.2) is 17.5 Å². The lowest BCUT2D eigenvalue weighted by Gasteiger charge is -2.09. The molecule has 0 aliphatic rings. The zero-order valence-electron chi connectivity index (χ0n) is 8.03. The van der Waals surface area contributed by atoms with Crippen LogP contribution in [0.25, 0.3) is 0 Å². The van der Waals surface area contributed by atoms with Gasteiger partial charge in [-0.3, -0.25) is 0 Å². The highest BCUT2D eigenvalue weighted by Gasteiger charge is 2.05. The Balaban J connectivity index is 2.78. The number of rotatable bonds is 4. The zero-order valence-corrected chi connectivity index (χ0v) is 10.4. The van der Waals surface area contributed by atoms with Gasteiger partial charge in [-0.05, 0) is 24.6 Å². The van der Waals surface area contributed by atoms with Crippen molar-refractivity contribution in [3.05, 3.63) is 28.2 Å². The van der Waals surface area contributed by atoms with Crippen molar-refractivity contribution < 1.29 is 5.11 Å². The molecule has 1 atom stereocenters. The van der Waals surface area contributed by atoms with Gasteiger partial charge in [0.2, 0.25) is 0 Å². The van der Waals surface area contributed by atoms with Crippen molar-refractivity contribution >= 4 is 27.7 Å². The third-order valence-corrected chi connectivity index (χ3v) is 3.48. The first-order valence-electron chi connectivity index (χ1n) is 4.44. The van der Waals surface area contributed by atoms with Crippen molar-refractivity contribution in [2.75, 3.05) is 12.4 Å². The summed E-state index contributed by atoms with van der Waals surface area (Å²) >= 11 is 5.12. The monoisotopic (exact) mass is 275 g/mol. The second-order valence-corrected chi connectivity index (χ2v) is 5.07. The molecule has 0 bridgehead atoms. The lowest BCUT2D eigenvalue weighted by Crippen LogP contribution is -2.05. The maximum absolute atomic E-state index is 8.69. The van der Waals surface area contributed by atoms with E-state index in [2.05, 4.69) is 15.9 Å². The Bertz CT molecular complexity index is 304. The first-order chi connectivity index (χ1) is 6.65. The number of hydrogen-bond acceptors (Lipinski definition) is 3. The van der Waals surface area contributed by atoms with Crippen LogP contribution in [0.5, 0.6) is 0 Å². The van der Waals surface area contributed by atoms with Gasteiger partial charge < -0.3 is 10.8 Å². The molecule has 78 valence electrons. The Hall–Kier alpha value is -0.0300. The van der Waals surface area contributed by atoms with E-state index in [1.807, 2.05) is 25.1 Å². The lowest BCUT2D eigenvalue weighted by atomic mass is 10.1. The fourth-order valence-electron chi connectivity index (χ4n) is 1.13. The highest BCUT2D eigenvalue weighted by Crippen LogP contribution is 2.27. The number of halogens is 1. The second kappa shape index (κ2) is 5.75. The summed E-state index contributed by atoms with van der Waals surface area (Å²) in [7, 11) is 0. The predicted molar refractivity (Wildman–Crippen MR) is 64.6 cm³/mol. The van der Waals surface area contributed by atoms with Crippen LogP contribution < -0.4 is 5.73 Å². The smallest absolute Gasteiger partial charge is 0.0525 e. The molecule has 14 heavy (non-hydrogen) atoms. The number of nitrogens with two attached hydrogens (primary N) is 1. The van der Waals surface area contributed by atoms with Crippen molar-refractivity contribution in [2.45, 2.75) is 17.9 Å². The summed E-state index contributed by atoms with van der Waals surface area (Å²) in [6, 6.07) is 6.14. The molecule has 0 spiro atoms. The van der Waals surface area contributed by atoms with E-state index in [0.29, 0.717) is 0 Å². The third kappa shape index (κ3) is 3.28. The van der Waals surface area contributed by atoms with Gasteiger partial charge in [0.1, 0.15) is 0 Å². The van der Waals surface area contributed by atoms with Crippen molar-refractivity contribution in [1.82, 2.24) is 0 Å². The second-order valence-electron chi connectivity index (χ2n) is 3.04. The van der Waals surface area contributed by atoms with E-state index in [1.54, 1.807) is 11.8 Å². The minimum absolute atomic E-state index is 0.0428. The van der Waals surface area contributed by atoms with Gasteiger partial charge in [0.05, 0.1) is 6.61 Å². The van der Waals surface area contributed by atoms with Crippen LogP contribution in [-0.2, 0) is 0 Å². The number of aliphatic hydroxyl groups excluding tert-OH is 1. The molecule has 0 heterocycles. The fraction of sp³-hybridized carbons (Fsp3) is 0.400. The quantitative estimate of drug-likeness (QED) is 0.831. The Morgan fingerprint density at radius 2 is 2.29 bits per heavy atom. The summed E-state index contributed by atoms with van der Waals surface area (Å²) in [5, 5.41) is 8.69. The van der Waals surface area contributed by atoms with E-state index in [-0.39, 0.29) is 12.6 Å². The zero-order chi connectivity index (χ0) is 10.6. The van der Waals surface area contributed by atoms with Crippen LogP contribution in [0, 0.1) is 0 Å². The molecule has 1 aromatic carbocycles. The van der Waals surface area contributed by atoms with Crippen molar-refractivity contribution in [2.24, 2.45) is 5.73 Å². The summed E-state index contributed by atoms with van der Waals surface area (Å²) in [5.41, 5.74) is 6.90. The molecular weight excluding hydrogens is 262 g/mol. The van der Waals surface area contributed by atoms with Crippen LogP contribution in [0.1, 0.15) is 18.5 Å². The van der Waals surface area contributed by atoms with E-state index in [0.717, 1.165) is 20.7 Å². The normalized spacial score (nSPS) is 12.9. The lowest BCUT2D eigenvalue weighted by molar-refractivity contribution is 0.322. The molecule has 0 saturated heterocycles. The van der Waals surface area contributed by atoms with Gasteiger partial charge in [0.25, 0.3) is 0 Å². The Labute approximate surface area is 97.0 Å². The molecule has 1 aromatic rings.